The van der Waals surface area contributed by atoms with Crippen LogP contribution in [0.3, 0.4) is 0 Å². The molecule has 1 atom stereocenters. The second-order valence-corrected chi connectivity index (χ2v) is 7.85. The molecule has 4 nitrogen and oxygen atoms in total. The monoisotopic (exact) mass is 370 g/mol. The van der Waals surface area contributed by atoms with Crippen LogP contribution in [0, 0.1) is 0 Å². The number of alkyl halides is 3. The molecule has 0 amide bonds. The Morgan fingerprint density at radius 3 is 2.13 bits per heavy atom. The highest BCUT2D eigenvalue weighted by Crippen LogP contribution is 2.36. The van der Waals surface area contributed by atoms with E-state index in [-0.39, 0.29) is 34.1 Å². The van der Waals surface area contributed by atoms with E-state index < -0.39 is 15.5 Å². The van der Waals surface area contributed by atoms with Crippen LogP contribution in [-0.4, -0.2) is 44.5 Å². The molecule has 0 aliphatic heterocycles. The van der Waals surface area contributed by atoms with E-state index in [4.69, 9.17) is 0 Å². The number of sulfonamides is 1. The lowest BCUT2D eigenvalue weighted by Crippen LogP contribution is -2.41. The van der Waals surface area contributed by atoms with Crippen molar-refractivity contribution < 1.29 is 21.6 Å². The molecule has 0 saturated carbocycles. The summed E-state index contributed by atoms with van der Waals surface area (Å²) in [5.41, 5.74) is -4.39. The van der Waals surface area contributed by atoms with Gasteiger partial charge in [0.05, 0.1) is 4.90 Å². The number of nitrogens with one attached hydrogen (secondary N) is 1. The molecule has 0 aliphatic carbocycles. The summed E-state index contributed by atoms with van der Waals surface area (Å²) in [5, 5.41) is 0. The van der Waals surface area contributed by atoms with E-state index in [0.29, 0.717) is 0 Å². The van der Waals surface area contributed by atoms with Gasteiger partial charge in [0.15, 0.2) is 0 Å². The molecular formula is C14H21F3N2O2S2. The number of nitrogens with zero attached hydrogens (tertiary/aromatic N) is 1. The van der Waals surface area contributed by atoms with Crippen LogP contribution in [0.2, 0.25) is 0 Å². The number of hydrogen-bond donors (Lipinski definition) is 1. The van der Waals surface area contributed by atoms with Crippen LogP contribution >= 0.6 is 11.8 Å². The topological polar surface area (TPSA) is 49.4 Å². The maximum atomic E-state index is 12.3. The molecule has 9 heteroatoms. The molecule has 0 aliphatic rings. The number of hydrogen-bond acceptors (Lipinski definition) is 4. The SMILES string of the molecule is CCN(CC)C(C)CNS(=O)(=O)c1ccc(SC(F)(F)F)cc1. The van der Waals surface area contributed by atoms with Crippen molar-refractivity contribution in [3.8, 4) is 0 Å². The van der Waals surface area contributed by atoms with Crippen LogP contribution < -0.4 is 4.72 Å². The zero-order valence-electron chi connectivity index (χ0n) is 13.2. The molecule has 23 heavy (non-hydrogen) atoms. The molecule has 0 bridgehead atoms. The third kappa shape index (κ3) is 6.70. The van der Waals surface area contributed by atoms with Gasteiger partial charge in [-0.2, -0.15) is 13.2 Å². The van der Waals surface area contributed by atoms with Crippen LogP contribution in [-0.2, 0) is 10.0 Å². The summed E-state index contributed by atoms with van der Waals surface area (Å²) in [6.07, 6.45) is 0. The molecule has 132 valence electrons. The van der Waals surface area contributed by atoms with Crippen molar-refractivity contribution in [3.05, 3.63) is 24.3 Å². The lowest BCUT2D eigenvalue weighted by atomic mass is 10.3. The normalized spacial score (nSPS) is 14.2. The largest absolute Gasteiger partial charge is 0.446 e. The van der Waals surface area contributed by atoms with Gasteiger partial charge in [0, 0.05) is 17.5 Å². The van der Waals surface area contributed by atoms with Gasteiger partial charge in [-0.25, -0.2) is 13.1 Å². The van der Waals surface area contributed by atoms with Crippen LogP contribution in [0.25, 0.3) is 0 Å². The Bertz CT molecular complexity index is 585. The lowest BCUT2D eigenvalue weighted by Gasteiger charge is -2.26. The molecule has 1 rings (SSSR count). The van der Waals surface area contributed by atoms with E-state index in [0.717, 1.165) is 25.2 Å². The highest BCUT2D eigenvalue weighted by atomic mass is 32.2. The van der Waals surface area contributed by atoms with Crippen molar-refractivity contribution in [1.29, 1.82) is 0 Å². The highest BCUT2D eigenvalue weighted by Gasteiger charge is 2.29. The molecule has 1 aromatic carbocycles. The predicted octanol–water partition coefficient (Wildman–Crippen LogP) is 3.31. The number of rotatable bonds is 8. The van der Waals surface area contributed by atoms with E-state index in [2.05, 4.69) is 9.62 Å². The molecule has 0 radical (unpaired) electrons. The van der Waals surface area contributed by atoms with Gasteiger partial charge in [0.25, 0.3) is 0 Å². The molecule has 1 N–H and O–H groups in total. The van der Waals surface area contributed by atoms with Crippen LogP contribution in [0.1, 0.15) is 20.8 Å². The van der Waals surface area contributed by atoms with Gasteiger partial charge in [0.2, 0.25) is 10.0 Å². The van der Waals surface area contributed by atoms with Gasteiger partial charge in [-0.3, -0.25) is 4.90 Å². The number of halogens is 3. The third-order valence-corrected chi connectivity index (χ3v) is 5.55. The summed E-state index contributed by atoms with van der Waals surface area (Å²) in [4.78, 5) is 2.01. The summed E-state index contributed by atoms with van der Waals surface area (Å²) < 4.78 is 63.6. The quantitative estimate of drug-likeness (QED) is 0.714. The average Bonchev–Trinajstić information content (AvgIpc) is 2.45. The zero-order valence-corrected chi connectivity index (χ0v) is 14.9. The molecular weight excluding hydrogens is 349 g/mol. The van der Waals surface area contributed by atoms with Crippen LogP contribution in [0.15, 0.2) is 34.1 Å². The standard InChI is InChI=1S/C14H21F3N2O2S2/c1-4-19(5-2)11(3)10-18-23(20,21)13-8-6-12(7-9-13)22-14(15,16)17/h6-9,11,18H,4-5,10H2,1-3H3. The van der Waals surface area contributed by atoms with E-state index in [9.17, 15) is 21.6 Å². The summed E-state index contributed by atoms with van der Waals surface area (Å²) in [5.74, 6) is 0. The van der Waals surface area contributed by atoms with Gasteiger partial charge in [-0.1, -0.05) is 13.8 Å². The number of thioether (sulfide) groups is 1. The minimum atomic E-state index is -4.39. The molecule has 0 fully saturated rings. The summed E-state index contributed by atoms with van der Waals surface area (Å²) in [6, 6.07) is 4.69. The van der Waals surface area contributed by atoms with E-state index in [1.807, 2.05) is 20.8 Å². The highest BCUT2D eigenvalue weighted by molar-refractivity contribution is 8.00. The Labute approximate surface area is 139 Å². The maximum absolute atomic E-state index is 12.3. The van der Waals surface area contributed by atoms with Crippen molar-refractivity contribution in [1.82, 2.24) is 9.62 Å². The number of likely N-dealkylation sites (N-methyl/N-ethyl adjacent to an activating group) is 1. The second kappa shape index (κ2) is 8.36. The molecule has 0 heterocycles. The molecule has 0 spiro atoms. The Hall–Kier alpha value is -0.770. The third-order valence-electron chi connectivity index (χ3n) is 3.37. The number of benzene rings is 1. The van der Waals surface area contributed by atoms with Crippen LogP contribution in [0.4, 0.5) is 13.2 Å². The minimum Gasteiger partial charge on any atom is -0.300 e. The maximum Gasteiger partial charge on any atom is 0.446 e. The van der Waals surface area contributed by atoms with Gasteiger partial charge in [-0.15, -0.1) is 0 Å². The summed E-state index contributed by atoms with van der Waals surface area (Å²) in [7, 11) is -3.73. The van der Waals surface area contributed by atoms with Gasteiger partial charge in [0.1, 0.15) is 0 Å². The molecule has 1 unspecified atom stereocenters. The Balaban J connectivity index is 2.73. The predicted molar refractivity (Wildman–Crippen MR) is 85.9 cm³/mol. The van der Waals surface area contributed by atoms with Crippen molar-refractivity contribution in [2.75, 3.05) is 19.6 Å². The minimum absolute atomic E-state index is 0.0276. The Kier molecular flexibility index (Phi) is 7.37. The fourth-order valence-electron chi connectivity index (χ4n) is 2.11. The van der Waals surface area contributed by atoms with Gasteiger partial charge >= 0.3 is 5.51 Å². The second-order valence-electron chi connectivity index (χ2n) is 4.94. The first-order valence-electron chi connectivity index (χ1n) is 7.18. The first-order chi connectivity index (χ1) is 10.6. The summed E-state index contributed by atoms with van der Waals surface area (Å²) in [6.45, 7) is 7.75. The van der Waals surface area contributed by atoms with Gasteiger partial charge < -0.3 is 0 Å². The Morgan fingerprint density at radius 1 is 1.17 bits per heavy atom. The fourth-order valence-corrected chi connectivity index (χ4v) is 3.77. The van der Waals surface area contributed by atoms with Gasteiger partial charge in [-0.05, 0) is 56.0 Å². The lowest BCUT2D eigenvalue weighted by molar-refractivity contribution is -0.0328. The molecule has 0 saturated heterocycles. The average molecular weight is 370 g/mol. The van der Waals surface area contributed by atoms with Crippen molar-refractivity contribution in [3.63, 3.8) is 0 Å². The van der Waals surface area contributed by atoms with Crippen molar-refractivity contribution in [2.24, 2.45) is 0 Å². The summed E-state index contributed by atoms with van der Waals surface area (Å²) >= 11 is -0.274. The van der Waals surface area contributed by atoms with E-state index >= 15 is 0 Å². The zero-order chi connectivity index (χ0) is 17.7. The fraction of sp³-hybridized carbons (Fsp3) is 0.571. The van der Waals surface area contributed by atoms with Crippen molar-refractivity contribution >= 4 is 21.8 Å². The van der Waals surface area contributed by atoms with Crippen LogP contribution in [0.5, 0.6) is 0 Å². The molecule has 1 aromatic rings. The van der Waals surface area contributed by atoms with E-state index in [1.54, 1.807) is 0 Å². The molecule has 0 aromatic heterocycles. The first-order valence-corrected chi connectivity index (χ1v) is 9.48. The van der Waals surface area contributed by atoms with Crippen molar-refractivity contribution in [2.45, 2.75) is 42.1 Å². The Morgan fingerprint density at radius 2 is 1.70 bits per heavy atom. The first kappa shape index (κ1) is 20.3. The smallest absolute Gasteiger partial charge is 0.300 e. The van der Waals surface area contributed by atoms with E-state index in [1.165, 1.54) is 12.1 Å².